The van der Waals surface area contributed by atoms with Crippen molar-refractivity contribution in [2.75, 3.05) is 5.32 Å². The first-order valence-corrected chi connectivity index (χ1v) is 9.08. The number of pyridine rings is 1. The Balaban J connectivity index is 1.74. The Kier molecular flexibility index (Phi) is 4.57. The van der Waals surface area contributed by atoms with Gasteiger partial charge in [-0.1, -0.05) is 38.1 Å². The van der Waals surface area contributed by atoms with Crippen LogP contribution in [0.25, 0.3) is 16.6 Å². The van der Waals surface area contributed by atoms with Gasteiger partial charge in [0.05, 0.1) is 16.8 Å². The summed E-state index contributed by atoms with van der Waals surface area (Å²) < 4.78 is 1.55. The minimum absolute atomic E-state index is 0.169. The number of benzene rings is 2. The molecule has 0 radical (unpaired) electrons. The van der Waals surface area contributed by atoms with E-state index in [-0.39, 0.29) is 11.8 Å². The fourth-order valence-electron chi connectivity index (χ4n) is 3.04. The zero-order valence-electron chi connectivity index (χ0n) is 15.9. The van der Waals surface area contributed by atoms with E-state index in [0.717, 1.165) is 27.8 Å². The molecule has 1 N–H and O–H groups in total. The van der Waals surface area contributed by atoms with Gasteiger partial charge in [-0.15, -0.1) is 5.10 Å². The van der Waals surface area contributed by atoms with Crippen LogP contribution in [-0.4, -0.2) is 31.1 Å². The molecule has 7 heteroatoms. The van der Waals surface area contributed by atoms with Crippen LogP contribution in [-0.2, 0) is 0 Å². The molecule has 4 aromatic rings. The molecule has 0 aliphatic rings. The van der Waals surface area contributed by atoms with Crippen molar-refractivity contribution in [2.24, 2.45) is 0 Å². The Morgan fingerprint density at radius 2 is 1.93 bits per heavy atom. The quantitative estimate of drug-likeness (QED) is 0.587. The van der Waals surface area contributed by atoms with Crippen LogP contribution in [0.15, 0.2) is 54.9 Å². The molecular weight excluding hydrogens is 352 g/mol. The van der Waals surface area contributed by atoms with E-state index < -0.39 is 0 Å². The number of carbonyl (C=O) groups excluding carboxylic acids is 1. The van der Waals surface area contributed by atoms with Crippen molar-refractivity contribution >= 4 is 22.5 Å². The number of amides is 1. The third-order valence-corrected chi connectivity index (χ3v) is 4.66. The van der Waals surface area contributed by atoms with Gasteiger partial charge < -0.3 is 5.32 Å². The van der Waals surface area contributed by atoms with Crippen molar-refractivity contribution in [1.82, 2.24) is 25.2 Å². The Morgan fingerprint density at radius 3 is 2.68 bits per heavy atom. The number of para-hydroxylation sites is 1. The van der Waals surface area contributed by atoms with Gasteiger partial charge >= 0.3 is 0 Å². The van der Waals surface area contributed by atoms with Crippen LogP contribution in [0.4, 0.5) is 5.69 Å². The van der Waals surface area contributed by atoms with E-state index in [9.17, 15) is 4.79 Å². The summed E-state index contributed by atoms with van der Waals surface area (Å²) in [6, 6.07) is 15.3. The van der Waals surface area contributed by atoms with E-state index >= 15 is 0 Å². The van der Waals surface area contributed by atoms with Gasteiger partial charge in [0.25, 0.3) is 5.91 Å². The highest BCUT2D eigenvalue weighted by atomic mass is 16.1. The van der Waals surface area contributed by atoms with Gasteiger partial charge in [-0.05, 0) is 53.1 Å². The molecule has 0 fully saturated rings. The molecule has 28 heavy (non-hydrogen) atoms. The first-order valence-electron chi connectivity index (χ1n) is 9.08. The first-order chi connectivity index (χ1) is 13.5. The van der Waals surface area contributed by atoms with Crippen LogP contribution in [0.1, 0.15) is 41.4 Å². The predicted molar refractivity (Wildman–Crippen MR) is 108 cm³/mol. The lowest BCUT2D eigenvalue weighted by Gasteiger charge is -2.14. The van der Waals surface area contributed by atoms with Crippen molar-refractivity contribution in [3.63, 3.8) is 0 Å². The fourth-order valence-corrected chi connectivity index (χ4v) is 3.04. The molecule has 2 aromatic carbocycles. The minimum Gasteiger partial charge on any atom is -0.322 e. The second-order valence-corrected chi connectivity index (χ2v) is 6.97. The lowest BCUT2D eigenvalue weighted by molar-refractivity contribution is 0.102. The molecule has 140 valence electrons. The van der Waals surface area contributed by atoms with Crippen LogP contribution < -0.4 is 5.32 Å². The van der Waals surface area contributed by atoms with Crippen molar-refractivity contribution < 1.29 is 4.79 Å². The Hall–Kier alpha value is -3.61. The van der Waals surface area contributed by atoms with E-state index in [1.165, 1.54) is 6.33 Å². The van der Waals surface area contributed by atoms with E-state index in [2.05, 4.69) is 39.7 Å². The summed E-state index contributed by atoms with van der Waals surface area (Å²) in [6.45, 7) is 6.08. The number of tetrazole rings is 1. The summed E-state index contributed by atoms with van der Waals surface area (Å²) in [5.41, 5.74) is 4.76. The van der Waals surface area contributed by atoms with Gasteiger partial charge in [0.15, 0.2) is 0 Å². The van der Waals surface area contributed by atoms with Gasteiger partial charge in [-0.3, -0.25) is 9.78 Å². The van der Waals surface area contributed by atoms with Gasteiger partial charge in [0.1, 0.15) is 6.33 Å². The molecule has 0 bridgehead atoms. The first kappa shape index (κ1) is 17.8. The molecular formula is C21H20N6O. The number of anilines is 1. The van der Waals surface area contributed by atoms with Gasteiger partial charge in [-0.2, -0.15) is 0 Å². The number of nitrogens with zero attached hydrogens (tertiary/aromatic N) is 5. The van der Waals surface area contributed by atoms with Crippen molar-refractivity contribution in [2.45, 2.75) is 26.7 Å². The predicted octanol–water partition coefficient (Wildman–Crippen LogP) is 3.89. The molecule has 0 saturated carbocycles. The Labute approximate surface area is 162 Å². The maximum absolute atomic E-state index is 13.2. The topological polar surface area (TPSA) is 85.6 Å². The van der Waals surface area contributed by atoms with E-state index in [0.29, 0.717) is 11.3 Å². The van der Waals surface area contributed by atoms with Crippen molar-refractivity contribution in [1.29, 1.82) is 0 Å². The average Bonchev–Trinajstić information content (AvgIpc) is 3.23. The molecule has 0 atom stereocenters. The number of aryl methyl sites for hydroxylation is 1. The highest BCUT2D eigenvalue weighted by molar-refractivity contribution is 6.12. The third-order valence-electron chi connectivity index (χ3n) is 4.66. The van der Waals surface area contributed by atoms with Crippen LogP contribution in [0, 0.1) is 6.92 Å². The molecule has 0 unspecified atom stereocenters. The second kappa shape index (κ2) is 7.19. The zero-order chi connectivity index (χ0) is 19.7. The fraction of sp³-hybridized carbons (Fsp3) is 0.190. The molecule has 7 nitrogen and oxygen atoms in total. The average molecular weight is 372 g/mol. The largest absolute Gasteiger partial charge is 0.322 e. The third kappa shape index (κ3) is 3.34. The molecule has 0 spiro atoms. The van der Waals surface area contributed by atoms with Gasteiger partial charge in [0.2, 0.25) is 0 Å². The van der Waals surface area contributed by atoms with Crippen LogP contribution >= 0.6 is 0 Å². The second-order valence-electron chi connectivity index (χ2n) is 6.97. The summed E-state index contributed by atoms with van der Waals surface area (Å²) in [7, 11) is 0. The summed E-state index contributed by atoms with van der Waals surface area (Å²) >= 11 is 0. The molecule has 0 aliphatic carbocycles. The van der Waals surface area contributed by atoms with Gasteiger partial charge in [0, 0.05) is 16.8 Å². The maximum Gasteiger partial charge on any atom is 0.256 e. The highest BCUT2D eigenvalue weighted by Gasteiger charge is 2.16. The Morgan fingerprint density at radius 1 is 1.11 bits per heavy atom. The molecule has 0 saturated heterocycles. The standard InChI is InChI=1S/C21H20N6O/c1-13(2)19-11-17(16-6-4-5-7-18(16)23-19)21(28)24-20-10-15(9-8-14(20)3)27-12-22-25-26-27/h4-13H,1-3H3,(H,24,28). The zero-order valence-corrected chi connectivity index (χ0v) is 15.9. The summed E-state index contributed by atoms with van der Waals surface area (Å²) in [5.74, 6) is 0.0542. The van der Waals surface area contributed by atoms with E-state index in [1.54, 1.807) is 4.68 Å². The SMILES string of the molecule is Cc1ccc(-n2cnnn2)cc1NC(=O)c1cc(C(C)C)nc2ccccc12. The van der Waals surface area contributed by atoms with E-state index in [1.807, 2.05) is 55.5 Å². The molecule has 0 aliphatic heterocycles. The molecule has 2 heterocycles. The number of aromatic nitrogens is 5. The molecule has 2 aromatic heterocycles. The normalized spacial score (nSPS) is 11.1. The summed E-state index contributed by atoms with van der Waals surface area (Å²) in [5, 5.41) is 15.1. The smallest absolute Gasteiger partial charge is 0.256 e. The van der Waals surface area contributed by atoms with Crippen LogP contribution in [0.3, 0.4) is 0 Å². The number of hydrogen-bond acceptors (Lipinski definition) is 5. The highest BCUT2D eigenvalue weighted by Crippen LogP contribution is 2.25. The minimum atomic E-state index is -0.169. The molecule has 1 amide bonds. The van der Waals surface area contributed by atoms with Crippen molar-refractivity contribution in [3.05, 3.63) is 71.7 Å². The Bertz CT molecular complexity index is 1150. The monoisotopic (exact) mass is 372 g/mol. The lowest BCUT2D eigenvalue weighted by atomic mass is 10.0. The summed E-state index contributed by atoms with van der Waals surface area (Å²) in [6.07, 6.45) is 1.52. The van der Waals surface area contributed by atoms with Crippen molar-refractivity contribution in [3.8, 4) is 5.69 Å². The number of rotatable bonds is 4. The number of fused-ring (bicyclic) bond motifs is 1. The van der Waals surface area contributed by atoms with E-state index in [4.69, 9.17) is 0 Å². The molecule has 4 rings (SSSR count). The number of carbonyl (C=O) groups is 1. The number of hydrogen-bond donors (Lipinski definition) is 1. The van der Waals surface area contributed by atoms with Gasteiger partial charge in [-0.25, -0.2) is 4.68 Å². The number of nitrogens with one attached hydrogen (secondary N) is 1. The lowest BCUT2D eigenvalue weighted by Crippen LogP contribution is -2.15. The summed E-state index contributed by atoms with van der Waals surface area (Å²) in [4.78, 5) is 17.9. The van der Waals surface area contributed by atoms with Crippen LogP contribution in [0.5, 0.6) is 0 Å². The van der Waals surface area contributed by atoms with Crippen LogP contribution in [0.2, 0.25) is 0 Å². The maximum atomic E-state index is 13.2.